The van der Waals surface area contributed by atoms with Crippen LogP contribution in [0.1, 0.15) is 51.7 Å². The highest BCUT2D eigenvalue weighted by molar-refractivity contribution is 5.91. The molecule has 0 aromatic heterocycles. The maximum Gasteiger partial charge on any atom is 0.321 e. The van der Waals surface area contributed by atoms with Crippen LogP contribution in [0.15, 0.2) is 18.2 Å². The second-order valence-electron chi connectivity index (χ2n) is 6.45. The van der Waals surface area contributed by atoms with E-state index in [-0.39, 0.29) is 6.03 Å². The van der Waals surface area contributed by atoms with E-state index >= 15 is 0 Å². The lowest BCUT2D eigenvalue weighted by atomic mass is 9.98. The molecule has 118 valence electrons. The largest absolute Gasteiger partial charge is 0.389 e. The van der Waals surface area contributed by atoms with Crippen molar-refractivity contribution in [1.29, 1.82) is 0 Å². The Balaban J connectivity index is 2.97. The van der Waals surface area contributed by atoms with E-state index in [9.17, 15) is 9.90 Å². The number of carbonyl (C=O) groups is 1. The summed E-state index contributed by atoms with van der Waals surface area (Å²) < 4.78 is 0. The smallest absolute Gasteiger partial charge is 0.321 e. The van der Waals surface area contributed by atoms with Crippen LogP contribution in [-0.2, 0) is 0 Å². The number of anilines is 1. The van der Waals surface area contributed by atoms with Crippen molar-refractivity contribution < 1.29 is 9.90 Å². The maximum absolute atomic E-state index is 12.5. The van der Waals surface area contributed by atoms with Gasteiger partial charge in [0.25, 0.3) is 0 Å². The number of hydrogen-bond acceptors (Lipinski definition) is 2. The van der Waals surface area contributed by atoms with Crippen LogP contribution >= 0.6 is 0 Å². The summed E-state index contributed by atoms with van der Waals surface area (Å²) in [5, 5.41) is 12.9. The number of hydrogen-bond donors (Lipinski definition) is 2. The average Bonchev–Trinajstić information content (AvgIpc) is 2.36. The number of amides is 2. The van der Waals surface area contributed by atoms with Gasteiger partial charge in [-0.25, -0.2) is 4.79 Å². The summed E-state index contributed by atoms with van der Waals surface area (Å²) in [6.45, 7) is 12.4. The van der Waals surface area contributed by atoms with Crippen LogP contribution in [0.25, 0.3) is 0 Å². The van der Waals surface area contributed by atoms with Gasteiger partial charge in [0.15, 0.2) is 0 Å². The summed E-state index contributed by atoms with van der Waals surface area (Å²) in [5.41, 5.74) is 2.16. The van der Waals surface area contributed by atoms with Crippen molar-refractivity contribution >= 4 is 11.7 Å². The van der Waals surface area contributed by atoms with Gasteiger partial charge in [-0.15, -0.1) is 0 Å². The molecular weight excluding hydrogens is 264 g/mol. The van der Waals surface area contributed by atoms with E-state index < -0.39 is 5.60 Å². The summed E-state index contributed by atoms with van der Waals surface area (Å²) in [6, 6.07) is 5.87. The number of aryl methyl sites for hydroxylation is 1. The normalized spacial score (nSPS) is 11.6. The first-order valence-corrected chi connectivity index (χ1v) is 7.53. The molecule has 0 aliphatic carbocycles. The second kappa shape index (κ2) is 6.94. The van der Waals surface area contributed by atoms with Crippen molar-refractivity contribution in [3.63, 3.8) is 0 Å². The molecular formula is C17H28N2O2. The Bertz CT molecular complexity index is 490. The SMILES string of the molecule is CCN(CC(C)(C)O)C(=O)Nc1c(C)cccc1C(C)C. The monoisotopic (exact) mass is 292 g/mol. The third-order valence-corrected chi connectivity index (χ3v) is 3.41. The third kappa shape index (κ3) is 5.05. The quantitative estimate of drug-likeness (QED) is 0.868. The minimum absolute atomic E-state index is 0.171. The number of nitrogens with zero attached hydrogens (tertiary/aromatic N) is 1. The summed E-state index contributed by atoms with van der Waals surface area (Å²) in [5.74, 6) is 0.338. The minimum Gasteiger partial charge on any atom is -0.389 e. The van der Waals surface area contributed by atoms with Gasteiger partial charge in [0.2, 0.25) is 0 Å². The van der Waals surface area contributed by atoms with E-state index in [1.165, 1.54) is 0 Å². The number of aliphatic hydroxyl groups is 1. The number of nitrogens with one attached hydrogen (secondary N) is 1. The van der Waals surface area contributed by atoms with E-state index in [4.69, 9.17) is 0 Å². The van der Waals surface area contributed by atoms with Crippen LogP contribution in [0, 0.1) is 6.92 Å². The summed E-state index contributed by atoms with van der Waals surface area (Å²) >= 11 is 0. The first-order chi connectivity index (χ1) is 9.65. The first kappa shape index (κ1) is 17.5. The fourth-order valence-corrected chi connectivity index (χ4v) is 2.32. The Morgan fingerprint density at radius 2 is 2.00 bits per heavy atom. The van der Waals surface area contributed by atoms with Crippen molar-refractivity contribution in [2.24, 2.45) is 0 Å². The van der Waals surface area contributed by atoms with E-state index in [2.05, 4.69) is 19.2 Å². The topological polar surface area (TPSA) is 52.6 Å². The fraction of sp³-hybridized carbons (Fsp3) is 0.588. The molecule has 2 amide bonds. The molecule has 4 heteroatoms. The Morgan fingerprint density at radius 1 is 1.38 bits per heavy atom. The van der Waals surface area contributed by atoms with Crippen LogP contribution < -0.4 is 5.32 Å². The van der Waals surface area contributed by atoms with Crippen molar-refractivity contribution in [1.82, 2.24) is 4.90 Å². The minimum atomic E-state index is -0.903. The van der Waals surface area contributed by atoms with E-state index in [0.717, 1.165) is 16.8 Å². The number of para-hydroxylation sites is 1. The van der Waals surface area contributed by atoms with Crippen molar-refractivity contribution in [3.05, 3.63) is 29.3 Å². The summed E-state index contributed by atoms with van der Waals surface area (Å²) in [6.07, 6.45) is 0. The van der Waals surface area contributed by atoms with Gasteiger partial charge in [0.05, 0.1) is 12.1 Å². The Hall–Kier alpha value is -1.55. The molecule has 0 saturated heterocycles. The van der Waals surface area contributed by atoms with Gasteiger partial charge in [-0.1, -0.05) is 32.0 Å². The predicted octanol–water partition coefficient (Wildman–Crippen LogP) is 3.74. The molecule has 0 unspecified atom stereocenters. The Labute approximate surface area is 128 Å². The summed E-state index contributed by atoms with van der Waals surface area (Å²) in [7, 11) is 0. The van der Waals surface area contributed by atoms with Gasteiger partial charge in [0.1, 0.15) is 0 Å². The molecule has 0 aliphatic heterocycles. The molecule has 21 heavy (non-hydrogen) atoms. The van der Waals surface area contributed by atoms with Crippen LogP contribution in [0.5, 0.6) is 0 Å². The van der Waals surface area contributed by atoms with E-state index in [0.29, 0.717) is 19.0 Å². The molecule has 0 bridgehead atoms. The third-order valence-electron chi connectivity index (χ3n) is 3.41. The van der Waals surface area contributed by atoms with Gasteiger partial charge < -0.3 is 15.3 Å². The molecule has 4 nitrogen and oxygen atoms in total. The first-order valence-electron chi connectivity index (χ1n) is 7.53. The summed E-state index contributed by atoms with van der Waals surface area (Å²) in [4.78, 5) is 14.1. The fourth-order valence-electron chi connectivity index (χ4n) is 2.32. The highest BCUT2D eigenvalue weighted by atomic mass is 16.3. The van der Waals surface area contributed by atoms with Crippen LogP contribution in [0.4, 0.5) is 10.5 Å². The lowest BCUT2D eigenvalue weighted by Gasteiger charge is -2.29. The standard InChI is InChI=1S/C17H28N2O2/c1-7-19(11-17(5,6)21)16(20)18-15-13(4)9-8-10-14(15)12(2)3/h8-10,12,21H,7,11H2,1-6H3,(H,18,20). The molecule has 1 rings (SSSR count). The molecule has 0 saturated carbocycles. The van der Waals surface area contributed by atoms with Crippen LogP contribution in [-0.4, -0.2) is 34.7 Å². The van der Waals surface area contributed by atoms with Crippen LogP contribution in [0.2, 0.25) is 0 Å². The zero-order chi connectivity index (χ0) is 16.2. The van der Waals surface area contributed by atoms with E-state index in [1.54, 1.807) is 18.7 Å². The number of benzene rings is 1. The Kier molecular flexibility index (Phi) is 5.78. The van der Waals surface area contributed by atoms with Gasteiger partial charge in [-0.3, -0.25) is 0 Å². The van der Waals surface area contributed by atoms with Crippen molar-refractivity contribution in [2.45, 2.75) is 53.1 Å². The van der Waals surface area contributed by atoms with Gasteiger partial charge in [0, 0.05) is 12.2 Å². The van der Waals surface area contributed by atoms with Gasteiger partial charge in [-0.05, 0) is 44.7 Å². The van der Waals surface area contributed by atoms with Crippen molar-refractivity contribution in [3.8, 4) is 0 Å². The molecule has 0 atom stereocenters. The zero-order valence-electron chi connectivity index (χ0n) is 14.0. The van der Waals surface area contributed by atoms with Crippen molar-refractivity contribution in [2.75, 3.05) is 18.4 Å². The number of carbonyl (C=O) groups excluding carboxylic acids is 1. The van der Waals surface area contributed by atoms with Gasteiger partial charge >= 0.3 is 6.03 Å². The zero-order valence-corrected chi connectivity index (χ0v) is 14.0. The maximum atomic E-state index is 12.5. The average molecular weight is 292 g/mol. The lowest BCUT2D eigenvalue weighted by molar-refractivity contribution is 0.0501. The number of rotatable bonds is 5. The molecule has 0 aliphatic rings. The molecule has 0 heterocycles. The highest BCUT2D eigenvalue weighted by Crippen LogP contribution is 2.27. The second-order valence-corrected chi connectivity index (χ2v) is 6.45. The molecule has 0 fully saturated rings. The molecule has 1 aromatic carbocycles. The molecule has 1 aromatic rings. The predicted molar refractivity (Wildman–Crippen MR) is 87.8 cm³/mol. The van der Waals surface area contributed by atoms with E-state index in [1.807, 2.05) is 32.0 Å². The Morgan fingerprint density at radius 3 is 2.48 bits per heavy atom. The number of likely N-dealkylation sites (N-methyl/N-ethyl adjacent to an activating group) is 1. The number of urea groups is 1. The van der Waals surface area contributed by atoms with Gasteiger partial charge in [-0.2, -0.15) is 0 Å². The lowest BCUT2D eigenvalue weighted by Crippen LogP contribution is -2.44. The highest BCUT2D eigenvalue weighted by Gasteiger charge is 2.22. The molecule has 0 spiro atoms. The molecule has 2 N–H and O–H groups in total. The van der Waals surface area contributed by atoms with Crippen LogP contribution in [0.3, 0.4) is 0 Å². The molecule has 0 radical (unpaired) electrons.